The summed E-state index contributed by atoms with van der Waals surface area (Å²) in [6.45, 7) is 11.4. The van der Waals surface area contributed by atoms with Gasteiger partial charge in [-0.1, -0.05) is 27.2 Å². The van der Waals surface area contributed by atoms with Gasteiger partial charge in [-0.3, -0.25) is 9.89 Å². The molecule has 0 bridgehead atoms. The van der Waals surface area contributed by atoms with Gasteiger partial charge in [0.25, 0.3) is 0 Å². The summed E-state index contributed by atoms with van der Waals surface area (Å²) in [5.41, 5.74) is 0. The second-order valence-electron chi connectivity index (χ2n) is 6.26. The first-order chi connectivity index (χ1) is 9.67. The van der Waals surface area contributed by atoms with Gasteiger partial charge in [0.1, 0.15) is 0 Å². The first kappa shape index (κ1) is 17.3. The zero-order chi connectivity index (χ0) is 14.8. The molecule has 4 nitrogen and oxygen atoms in total. The summed E-state index contributed by atoms with van der Waals surface area (Å²) in [7, 11) is 1.86. The van der Waals surface area contributed by atoms with Gasteiger partial charge in [0.2, 0.25) is 0 Å². The second kappa shape index (κ2) is 10.0. The SMILES string of the molecule is CCCCNC(=NC)NCC(CC(C)C)N1CCCC1. The molecule has 0 radical (unpaired) electrons. The molecule has 0 aromatic rings. The van der Waals surface area contributed by atoms with E-state index in [0.717, 1.165) is 25.0 Å². The van der Waals surface area contributed by atoms with E-state index in [2.05, 4.69) is 41.3 Å². The maximum Gasteiger partial charge on any atom is 0.191 e. The minimum Gasteiger partial charge on any atom is -0.356 e. The summed E-state index contributed by atoms with van der Waals surface area (Å²) in [5, 5.41) is 6.90. The smallest absolute Gasteiger partial charge is 0.191 e. The fourth-order valence-electron chi connectivity index (χ4n) is 2.83. The lowest BCUT2D eigenvalue weighted by atomic mass is 10.0. The fraction of sp³-hybridized carbons (Fsp3) is 0.938. The molecule has 0 aromatic heterocycles. The van der Waals surface area contributed by atoms with Crippen molar-refractivity contribution in [3.8, 4) is 0 Å². The summed E-state index contributed by atoms with van der Waals surface area (Å²) in [5.74, 6) is 1.70. The monoisotopic (exact) mass is 282 g/mol. The lowest BCUT2D eigenvalue weighted by molar-refractivity contribution is 0.213. The van der Waals surface area contributed by atoms with Crippen LogP contribution in [0.2, 0.25) is 0 Å². The van der Waals surface area contributed by atoms with Crippen molar-refractivity contribution in [2.45, 2.75) is 58.9 Å². The van der Waals surface area contributed by atoms with Crippen LogP contribution in [0.3, 0.4) is 0 Å². The van der Waals surface area contributed by atoms with Gasteiger partial charge in [-0.25, -0.2) is 0 Å². The summed E-state index contributed by atoms with van der Waals surface area (Å²) in [6.07, 6.45) is 6.39. The zero-order valence-corrected chi connectivity index (χ0v) is 13.9. The summed E-state index contributed by atoms with van der Waals surface area (Å²) in [6, 6.07) is 0.641. The van der Waals surface area contributed by atoms with E-state index in [1.807, 2.05) is 7.05 Å². The van der Waals surface area contributed by atoms with E-state index >= 15 is 0 Å². The van der Waals surface area contributed by atoms with E-state index in [9.17, 15) is 0 Å². The molecule has 0 spiro atoms. The van der Waals surface area contributed by atoms with Crippen LogP contribution in [0.5, 0.6) is 0 Å². The quantitative estimate of drug-likeness (QED) is 0.408. The van der Waals surface area contributed by atoms with E-state index in [0.29, 0.717) is 6.04 Å². The third-order valence-electron chi connectivity index (χ3n) is 3.95. The minimum absolute atomic E-state index is 0.641. The highest BCUT2D eigenvalue weighted by molar-refractivity contribution is 5.79. The van der Waals surface area contributed by atoms with Crippen LogP contribution in [0.15, 0.2) is 4.99 Å². The van der Waals surface area contributed by atoms with Gasteiger partial charge in [-0.15, -0.1) is 0 Å². The van der Waals surface area contributed by atoms with Crippen molar-refractivity contribution in [1.82, 2.24) is 15.5 Å². The average molecular weight is 282 g/mol. The highest BCUT2D eigenvalue weighted by Gasteiger charge is 2.22. The van der Waals surface area contributed by atoms with Gasteiger partial charge in [0.05, 0.1) is 0 Å². The lowest BCUT2D eigenvalue weighted by Gasteiger charge is -2.29. The minimum atomic E-state index is 0.641. The molecule has 1 fully saturated rings. The average Bonchev–Trinajstić information content (AvgIpc) is 2.94. The molecule has 1 saturated heterocycles. The number of hydrogen-bond donors (Lipinski definition) is 2. The molecule has 1 heterocycles. The molecule has 0 amide bonds. The summed E-state index contributed by atoms with van der Waals surface area (Å²) < 4.78 is 0. The highest BCUT2D eigenvalue weighted by Crippen LogP contribution is 2.17. The Morgan fingerprint density at radius 1 is 1.20 bits per heavy atom. The Morgan fingerprint density at radius 2 is 1.90 bits per heavy atom. The van der Waals surface area contributed by atoms with Crippen LogP contribution in [-0.4, -0.2) is 50.1 Å². The second-order valence-corrected chi connectivity index (χ2v) is 6.26. The van der Waals surface area contributed by atoms with Crippen LogP contribution < -0.4 is 10.6 Å². The number of nitrogens with zero attached hydrogens (tertiary/aromatic N) is 2. The molecule has 20 heavy (non-hydrogen) atoms. The number of aliphatic imine (C=N–C) groups is 1. The van der Waals surface area contributed by atoms with Crippen molar-refractivity contribution in [1.29, 1.82) is 0 Å². The topological polar surface area (TPSA) is 39.7 Å². The lowest BCUT2D eigenvalue weighted by Crippen LogP contribution is -2.47. The van der Waals surface area contributed by atoms with E-state index in [-0.39, 0.29) is 0 Å². The van der Waals surface area contributed by atoms with Gasteiger partial charge >= 0.3 is 0 Å². The van der Waals surface area contributed by atoms with Gasteiger partial charge < -0.3 is 10.6 Å². The number of guanidine groups is 1. The van der Waals surface area contributed by atoms with Gasteiger partial charge in [-0.05, 0) is 44.7 Å². The molecule has 1 atom stereocenters. The van der Waals surface area contributed by atoms with Crippen LogP contribution >= 0.6 is 0 Å². The van der Waals surface area contributed by atoms with E-state index in [1.165, 1.54) is 45.2 Å². The van der Waals surface area contributed by atoms with E-state index in [1.54, 1.807) is 0 Å². The van der Waals surface area contributed by atoms with Crippen molar-refractivity contribution in [3.05, 3.63) is 0 Å². The van der Waals surface area contributed by atoms with Crippen molar-refractivity contribution in [2.24, 2.45) is 10.9 Å². The Balaban J connectivity index is 2.39. The molecular formula is C16H34N4. The molecule has 1 rings (SSSR count). The predicted molar refractivity (Wildman–Crippen MR) is 88.3 cm³/mol. The highest BCUT2D eigenvalue weighted by atomic mass is 15.2. The van der Waals surface area contributed by atoms with Crippen LogP contribution in [0.25, 0.3) is 0 Å². The standard InChI is InChI=1S/C16H34N4/c1-5-6-9-18-16(17-4)19-13-15(12-14(2)3)20-10-7-8-11-20/h14-15H,5-13H2,1-4H3,(H2,17,18,19). The molecule has 0 aliphatic carbocycles. The number of nitrogens with one attached hydrogen (secondary N) is 2. The molecule has 2 N–H and O–H groups in total. The summed E-state index contributed by atoms with van der Waals surface area (Å²) >= 11 is 0. The molecule has 118 valence electrons. The molecule has 0 aromatic carbocycles. The maximum absolute atomic E-state index is 4.31. The Morgan fingerprint density at radius 3 is 2.45 bits per heavy atom. The molecule has 1 aliphatic rings. The van der Waals surface area contributed by atoms with E-state index in [4.69, 9.17) is 0 Å². The molecule has 4 heteroatoms. The first-order valence-corrected chi connectivity index (χ1v) is 8.36. The van der Waals surface area contributed by atoms with Crippen LogP contribution in [0.1, 0.15) is 52.9 Å². The van der Waals surface area contributed by atoms with Crippen LogP contribution in [0.4, 0.5) is 0 Å². The van der Waals surface area contributed by atoms with Crippen molar-refractivity contribution in [3.63, 3.8) is 0 Å². The number of hydrogen-bond acceptors (Lipinski definition) is 2. The Hall–Kier alpha value is -0.770. The number of likely N-dealkylation sites (tertiary alicyclic amines) is 1. The normalized spacial score (nSPS) is 18.6. The zero-order valence-electron chi connectivity index (χ0n) is 13.9. The van der Waals surface area contributed by atoms with Gasteiger partial charge in [0, 0.05) is 26.2 Å². The van der Waals surface area contributed by atoms with E-state index < -0.39 is 0 Å². The van der Waals surface area contributed by atoms with Crippen molar-refractivity contribution < 1.29 is 0 Å². The Kier molecular flexibility index (Phi) is 8.67. The van der Waals surface area contributed by atoms with Crippen molar-refractivity contribution in [2.75, 3.05) is 33.2 Å². The van der Waals surface area contributed by atoms with Crippen LogP contribution in [0, 0.1) is 5.92 Å². The Labute approximate surface area is 125 Å². The van der Waals surface area contributed by atoms with Gasteiger partial charge in [0.15, 0.2) is 5.96 Å². The molecule has 1 unspecified atom stereocenters. The van der Waals surface area contributed by atoms with Crippen molar-refractivity contribution >= 4 is 5.96 Å². The molecule has 1 aliphatic heterocycles. The molecular weight excluding hydrogens is 248 g/mol. The molecule has 0 saturated carbocycles. The number of rotatable bonds is 8. The van der Waals surface area contributed by atoms with Gasteiger partial charge in [-0.2, -0.15) is 0 Å². The first-order valence-electron chi connectivity index (χ1n) is 8.36. The summed E-state index contributed by atoms with van der Waals surface area (Å²) in [4.78, 5) is 6.96. The predicted octanol–water partition coefficient (Wildman–Crippen LogP) is 2.46. The largest absolute Gasteiger partial charge is 0.356 e. The third kappa shape index (κ3) is 6.60. The number of unbranched alkanes of at least 4 members (excludes halogenated alkanes) is 1. The van der Waals surface area contributed by atoms with Crippen LogP contribution in [-0.2, 0) is 0 Å². The third-order valence-corrected chi connectivity index (χ3v) is 3.95. The Bertz CT molecular complexity index is 270. The fourth-order valence-corrected chi connectivity index (χ4v) is 2.83. The maximum atomic E-state index is 4.31.